The first kappa shape index (κ1) is 14.4. The molecule has 0 aliphatic carbocycles. The number of aliphatic imine (C=N–C) groups is 1. The van der Waals surface area contributed by atoms with Crippen LogP contribution in [0, 0.1) is 5.92 Å². The fraction of sp³-hybridized carbons (Fsp3) is 0.353. The predicted molar refractivity (Wildman–Crippen MR) is 81.2 cm³/mol. The zero-order chi connectivity index (χ0) is 13.4. The molecule has 1 aromatic carbocycles. The summed E-state index contributed by atoms with van der Waals surface area (Å²) in [4.78, 5) is 4.78. The van der Waals surface area contributed by atoms with Crippen LogP contribution in [0.2, 0.25) is 0 Å². The second kappa shape index (κ2) is 7.65. The molecule has 1 heteroatoms. The number of allylic oxidation sites excluding steroid dienone is 3. The molecule has 1 nitrogen and oxygen atoms in total. The molecule has 2 atom stereocenters. The molecule has 0 fully saturated rings. The standard InChI is InChI=1S/C17H23N/c1-5-7-11-14(3)15(4)18-17(6-2)16-12-9-8-10-13-16/h5-10,12-15H,2,11H2,1,3-4H3/b7-5-,18-17?/t14-,15?/m1/s1. The van der Waals surface area contributed by atoms with Gasteiger partial charge in [0.25, 0.3) is 0 Å². The highest BCUT2D eigenvalue weighted by atomic mass is 14.8. The maximum Gasteiger partial charge on any atom is 0.0644 e. The van der Waals surface area contributed by atoms with Crippen LogP contribution in [0.5, 0.6) is 0 Å². The molecule has 0 amide bonds. The Kier molecular flexibility index (Phi) is 6.13. The molecule has 0 aromatic heterocycles. The molecule has 1 unspecified atom stereocenters. The summed E-state index contributed by atoms with van der Waals surface area (Å²) in [6, 6.07) is 10.5. The van der Waals surface area contributed by atoms with Gasteiger partial charge in [-0.05, 0) is 37.8 Å². The van der Waals surface area contributed by atoms with Crippen LogP contribution in [-0.4, -0.2) is 11.8 Å². The Morgan fingerprint density at radius 2 is 1.94 bits per heavy atom. The van der Waals surface area contributed by atoms with Crippen LogP contribution in [-0.2, 0) is 0 Å². The van der Waals surface area contributed by atoms with E-state index in [2.05, 4.69) is 51.6 Å². The van der Waals surface area contributed by atoms with E-state index in [1.165, 1.54) is 0 Å². The van der Waals surface area contributed by atoms with Crippen molar-refractivity contribution in [1.29, 1.82) is 0 Å². The highest BCUT2D eigenvalue weighted by molar-refractivity contribution is 6.08. The van der Waals surface area contributed by atoms with Crippen LogP contribution in [0.3, 0.4) is 0 Å². The van der Waals surface area contributed by atoms with Crippen molar-refractivity contribution in [3.05, 3.63) is 60.7 Å². The summed E-state index contributed by atoms with van der Waals surface area (Å²) >= 11 is 0. The minimum absolute atomic E-state index is 0.300. The molecule has 0 heterocycles. The quantitative estimate of drug-likeness (QED) is 0.507. The molecule has 1 rings (SSSR count). The van der Waals surface area contributed by atoms with E-state index in [-0.39, 0.29) is 0 Å². The summed E-state index contributed by atoms with van der Waals surface area (Å²) in [5.41, 5.74) is 2.12. The summed E-state index contributed by atoms with van der Waals surface area (Å²) in [6.45, 7) is 10.3. The lowest BCUT2D eigenvalue weighted by Crippen LogP contribution is -2.13. The molecule has 0 bridgehead atoms. The maximum atomic E-state index is 4.78. The third-order valence-electron chi connectivity index (χ3n) is 3.17. The van der Waals surface area contributed by atoms with Crippen molar-refractivity contribution in [2.24, 2.45) is 10.9 Å². The third-order valence-corrected chi connectivity index (χ3v) is 3.17. The van der Waals surface area contributed by atoms with Gasteiger partial charge in [-0.15, -0.1) is 0 Å². The molecule has 96 valence electrons. The highest BCUT2D eigenvalue weighted by Crippen LogP contribution is 2.14. The Hall–Kier alpha value is -1.63. The largest absolute Gasteiger partial charge is 0.281 e. The predicted octanol–water partition coefficient (Wildman–Crippen LogP) is 4.65. The van der Waals surface area contributed by atoms with Gasteiger partial charge in [-0.3, -0.25) is 4.99 Å². The highest BCUT2D eigenvalue weighted by Gasteiger charge is 2.10. The van der Waals surface area contributed by atoms with Crippen molar-refractivity contribution in [2.45, 2.75) is 33.2 Å². The van der Waals surface area contributed by atoms with Crippen LogP contribution in [0.1, 0.15) is 32.8 Å². The van der Waals surface area contributed by atoms with Crippen molar-refractivity contribution in [2.75, 3.05) is 0 Å². The Balaban J connectivity index is 2.82. The van der Waals surface area contributed by atoms with Gasteiger partial charge >= 0.3 is 0 Å². The normalized spacial score (nSPS) is 15.6. The van der Waals surface area contributed by atoms with Gasteiger partial charge in [0.05, 0.1) is 11.8 Å². The number of hydrogen-bond donors (Lipinski definition) is 0. The maximum absolute atomic E-state index is 4.78. The van der Waals surface area contributed by atoms with Gasteiger partial charge in [0.1, 0.15) is 0 Å². The lowest BCUT2D eigenvalue weighted by molar-refractivity contribution is 0.492. The Bertz CT molecular complexity index is 414. The molecule has 0 spiro atoms. The van der Waals surface area contributed by atoms with E-state index in [1.54, 1.807) is 0 Å². The van der Waals surface area contributed by atoms with E-state index >= 15 is 0 Å². The first-order chi connectivity index (χ1) is 8.69. The van der Waals surface area contributed by atoms with Crippen molar-refractivity contribution in [3.8, 4) is 0 Å². The molecule has 0 radical (unpaired) electrons. The van der Waals surface area contributed by atoms with E-state index in [0.717, 1.165) is 17.7 Å². The van der Waals surface area contributed by atoms with E-state index < -0.39 is 0 Å². The second-order valence-corrected chi connectivity index (χ2v) is 4.61. The van der Waals surface area contributed by atoms with E-state index in [0.29, 0.717) is 12.0 Å². The first-order valence-corrected chi connectivity index (χ1v) is 6.55. The van der Waals surface area contributed by atoms with Crippen LogP contribution >= 0.6 is 0 Å². The van der Waals surface area contributed by atoms with Crippen LogP contribution in [0.15, 0.2) is 60.1 Å². The second-order valence-electron chi connectivity index (χ2n) is 4.61. The molecule has 0 aliphatic rings. The average Bonchev–Trinajstić information content (AvgIpc) is 2.42. The monoisotopic (exact) mass is 241 g/mol. The van der Waals surface area contributed by atoms with E-state index in [9.17, 15) is 0 Å². The SMILES string of the molecule is C=CC(=NC(C)[C@H](C)C/C=C\C)c1ccccc1. The summed E-state index contributed by atoms with van der Waals surface area (Å²) in [6.07, 6.45) is 7.21. The number of benzene rings is 1. The molecule has 0 saturated carbocycles. The smallest absolute Gasteiger partial charge is 0.0644 e. The molecule has 1 aromatic rings. The molecular formula is C17H23N. The van der Waals surface area contributed by atoms with Crippen LogP contribution in [0.4, 0.5) is 0 Å². The molecule has 0 aliphatic heterocycles. The van der Waals surface area contributed by atoms with Gasteiger partial charge in [-0.25, -0.2) is 0 Å². The van der Waals surface area contributed by atoms with Crippen LogP contribution < -0.4 is 0 Å². The van der Waals surface area contributed by atoms with Gasteiger partial charge in [0.15, 0.2) is 0 Å². The number of nitrogens with zero attached hydrogens (tertiary/aromatic N) is 1. The van der Waals surface area contributed by atoms with Gasteiger partial charge in [0.2, 0.25) is 0 Å². The fourth-order valence-electron chi connectivity index (χ4n) is 1.75. The van der Waals surface area contributed by atoms with Crippen LogP contribution in [0.25, 0.3) is 0 Å². The summed E-state index contributed by atoms with van der Waals surface area (Å²) in [5.74, 6) is 0.542. The summed E-state index contributed by atoms with van der Waals surface area (Å²) in [5, 5.41) is 0. The van der Waals surface area contributed by atoms with Crippen molar-refractivity contribution in [1.82, 2.24) is 0 Å². The van der Waals surface area contributed by atoms with Crippen molar-refractivity contribution < 1.29 is 0 Å². The topological polar surface area (TPSA) is 12.4 Å². The van der Waals surface area contributed by atoms with E-state index in [1.807, 2.05) is 24.3 Å². The third kappa shape index (κ3) is 4.33. The lowest BCUT2D eigenvalue weighted by Gasteiger charge is -2.15. The lowest BCUT2D eigenvalue weighted by atomic mass is 9.99. The van der Waals surface area contributed by atoms with Crippen molar-refractivity contribution >= 4 is 5.71 Å². The minimum Gasteiger partial charge on any atom is -0.281 e. The molecule has 0 saturated heterocycles. The summed E-state index contributed by atoms with van der Waals surface area (Å²) < 4.78 is 0. The minimum atomic E-state index is 0.300. The number of hydrogen-bond acceptors (Lipinski definition) is 1. The Morgan fingerprint density at radius 1 is 1.28 bits per heavy atom. The summed E-state index contributed by atoms with van der Waals surface area (Å²) in [7, 11) is 0. The van der Waals surface area contributed by atoms with Gasteiger partial charge in [-0.1, -0.05) is 56.0 Å². The Morgan fingerprint density at radius 3 is 2.50 bits per heavy atom. The Labute approximate surface area is 111 Å². The molecule has 18 heavy (non-hydrogen) atoms. The van der Waals surface area contributed by atoms with Gasteiger partial charge < -0.3 is 0 Å². The zero-order valence-electron chi connectivity index (χ0n) is 11.6. The van der Waals surface area contributed by atoms with Gasteiger partial charge in [0, 0.05) is 0 Å². The first-order valence-electron chi connectivity index (χ1n) is 6.55. The van der Waals surface area contributed by atoms with Crippen molar-refractivity contribution in [3.63, 3.8) is 0 Å². The molecule has 0 N–H and O–H groups in total. The number of rotatable bonds is 6. The fourth-order valence-corrected chi connectivity index (χ4v) is 1.75. The average molecular weight is 241 g/mol. The van der Waals surface area contributed by atoms with Gasteiger partial charge in [-0.2, -0.15) is 0 Å². The van der Waals surface area contributed by atoms with E-state index in [4.69, 9.17) is 4.99 Å². The molecular weight excluding hydrogens is 218 g/mol. The zero-order valence-corrected chi connectivity index (χ0v) is 11.6.